The average Bonchev–Trinajstić information content (AvgIpc) is 1.84. The molecule has 0 saturated heterocycles. The molecule has 2 heteroatoms. The Morgan fingerprint density at radius 3 is 1.50 bits per heavy atom. The van der Waals surface area contributed by atoms with Crippen molar-refractivity contribution >= 4 is 26.6 Å². The molecular formula is C8H12B2. The molecule has 0 spiro atoms. The SMILES string of the molecule is Bc1cc(C)c(C)cc1B. The molecule has 50 valence electrons. The lowest BCUT2D eigenvalue weighted by atomic mass is 9.79. The molecule has 0 aliphatic carbocycles. The molecular weight excluding hydrogens is 118 g/mol. The van der Waals surface area contributed by atoms with Gasteiger partial charge in [0.15, 0.2) is 0 Å². The van der Waals surface area contributed by atoms with Crippen molar-refractivity contribution in [1.29, 1.82) is 0 Å². The van der Waals surface area contributed by atoms with E-state index in [4.69, 9.17) is 0 Å². The van der Waals surface area contributed by atoms with Crippen LogP contribution < -0.4 is 10.9 Å². The zero-order chi connectivity index (χ0) is 7.72. The van der Waals surface area contributed by atoms with Crippen LogP contribution in [-0.4, -0.2) is 15.7 Å². The second-order valence-electron chi connectivity index (χ2n) is 3.02. The van der Waals surface area contributed by atoms with Gasteiger partial charge in [-0.05, 0) is 25.0 Å². The van der Waals surface area contributed by atoms with Gasteiger partial charge in [-0.3, -0.25) is 0 Å². The van der Waals surface area contributed by atoms with Gasteiger partial charge in [0, 0.05) is 0 Å². The van der Waals surface area contributed by atoms with Crippen molar-refractivity contribution in [2.24, 2.45) is 0 Å². The van der Waals surface area contributed by atoms with E-state index < -0.39 is 0 Å². The molecule has 0 N–H and O–H groups in total. The van der Waals surface area contributed by atoms with Gasteiger partial charge in [-0.1, -0.05) is 23.1 Å². The van der Waals surface area contributed by atoms with E-state index in [-0.39, 0.29) is 0 Å². The molecule has 1 aromatic rings. The molecule has 0 saturated carbocycles. The third kappa shape index (κ3) is 1.26. The monoisotopic (exact) mass is 130 g/mol. The second kappa shape index (κ2) is 2.53. The zero-order valence-electron chi connectivity index (χ0n) is 7.15. The van der Waals surface area contributed by atoms with Gasteiger partial charge in [0.2, 0.25) is 0 Å². The van der Waals surface area contributed by atoms with Gasteiger partial charge in [-0.15, -0.1) is 0 Å². The fourth-order valence-electron chi connectivity index (χ4n) is 1.10. The summed E-state index contributed by atoms with van der Waals surface area (Å²) in [6.45, 7) is 4.31. The van der Waals surface area contributed by atoms with Crippen LogP contribution in [0.4, 0.5) is 0 Å². The van der Waals surface area contributed by atoms with Crippen molar-refractivity contribution in [2.75, 3.05) is 0 Å². The third-order valence-electron chi connectivity index (χ3n) is 2.11. The lowest BCUT2D eigenvalue weighted by molar-refractivity contribution is 1.36. The molecule has 10 heavy (non-hydrogen) atoms. The zero-order valence-corrected chi connectivity index (χ0v) is 7.15. The molecule has 0 unspecified atom stereocenters. The van der Waals surface area contributed by atoms with Crippen LogP contribution in [0.3, 0.4) is 0 Å². The first-order chi connectivity index (χ1) is 4.61. The maximum Gasteiger partial charge on any atom is 0.138 e. The van der Waals surface area contributed by atoms with E-state index in [9.17, 15) is 0 Å². The first-order valence-corrected chi connectivity index (χ1v) is 3.65. The molecule has 1 rings (SSSR count). The molecule has 0 aliphatic rings. The lowest BCUT2D eigenvalue weighted by Crippen LogP contribution is -2.26. The van der Waals surface area contributed by atoms with E-state index in [0.29, 0.717) is 0 Å². The molecule has 0 fully saturated rings. The standard InChI is InChI=1S/C8H12B2/c1-5-3-7(9)8(10)4-6(5)2/h3-4H,9-10H2,1-2H3. The molecule has 0 heterocycles. The number of benzene rings is 1. The highest BCUT2D eigenvalue weighted by Crippen LogP contribution is 1.99. The topological polar surface area (TPSA) is 0 Å². The minimum atomic E-state index is 1.39. The predicted octanol–water partition coefficient (Wildman–Crippen LogP) is -1.18. The summed E-state index contributed by atoms with van der Waals surface area (Å²) in [4.78, 5) is 0. The molecule has 0 radical (unpaired) electrons. The number of hydrogen-bond donors (Lipinski definition) is 0. The van der Waals surface area contributed by atoms with Gasteiger partial charge < -0.3 is 0 Å². The summed E-state index contributed by atoms with van der Waals surface area (Å²) in [7, 11) is 4.31. The summed E-state index contributed by atoms with van der Waals surface area (Å²) in [5.74, 6) is 0. The Kier molecular flexibility index (Phi) is 1.89. The smallest absolute Gasteiger partial charge is 0.0949 e. The van der Waals surface area contributed by atoms with Gasteiger partial charge in [0.1, 0.15) is 15.7 Å². The Labute approximate surface area is 64.5 Å². The minimum absolute atomic E-state index is 1.39. The van der Waals surface area contributed by atoms with E-state index in [0.717, 1.165) is 0 Å². The summed E-state index contributed by atoms with van der Waals surface area (Å²) in [6.07, 6.45) is 0. The summed E-state index contributed by atoms with van der Waals surface area (Å²) in [5.41, 5.74) is 5.57. The van der Waals surface area contributed by atoms with Crippen LogP contribution in [0, 0.1) is 13.8 Å². The van der Waals surface area contributed by atoms with Crippen LogP contribution >= 0.6 is 0 Å². The van der Waals surface area contributed by atoms with Crippen LogP contribution in [0.1, 0.15) is 11.1 Å². The van der Waals surface area contributed by atoms with Crippen molar-refractivity contribution in [2.45, 2.75) is 13.8 Å². The minimum Gasteiger partial charge on any atom is -0.0949 e. The molecule has 0 nitrogen and oxygen atoms in total. The van der Waals surface area contributed by atoms with Crippen LogP contribution in [-0.2, 0) is 0 Å². The Hall–Kier alpha value is -0.650. The lowest BCUT2D eigenvalue weighted by Gasteiger charge is -2.04. The van der Waals surface area contributed by atoms with Crippen molar-refractivity contribution in [3.63, 3.8) is 0 Å². The molecule has 0 aliphatic heterocycles. The summed E-state index contributed by atoms with van der Waals surface area (Å²) >= 11 is 0. The van der Waals surface area contributed by atoms with Crippen molar-refractivity contribution in [3.05, 3.63) is 23.3 Å². The quantitative estimate of drug-likeness (QED) is 0.387. The molecule has 0 amide bonds. The summed E-state index contributed by atoms with van der Waals surface area (Å²) in [5, 5.41) is 0. The Morgan fingerprint density at radius 1 is 0.900 bits per heavy atom. The van der Waals surface area contributed by atoms with Gasteiger partial charge in [0.25, 0.3) is 0 Å². The number of hydrogen-bond acceptors (Lipinski definition) is 0. The summed E-state index contributed by atoms with van der Waals surface area (Å²) in [6, 6.07) is 4.48. The maximum atomic E-state index is 2.24. The molecule has 0 aromatic heterocycles. The van der Waals surface area contributed by atoms with Crippen LogP contribution in [0.5, 0.6) is 0 Å². The van der Waals surface area contributed by atoms with Crippen molar-refractivity contribution in [3.8, 4) is 0 Å². The highest BCUT2D eigenvalue weighted by Gasteiger charge is 1.95. The molecule has 0 atom stereocenters. The number of rotatable bonds is 0. The number of aryl methyl sites for hydroxylation is 2. The Balaban J connectivity index is 3.28. The van der Waals surface area contributed by atoms with Crippen LogP contribution in [0.2, 0.25) is 0 Å². The van der Waals surface area contributed by atoms with Gasteiger partial charge >= 0.3 is 0 Å². The van der Waals surface area contributed by atoms with E-state index in [2.05, 4.69) is 41.7 Å². The maximum absolute atomic E-state index is 2.24. The fraction of sp³-hybridized carbons (Fsp3) is 0.250. The average molecular weight is 130 g/mol. The fourth-order valence-corrected chi connectivity index (χ4v) is 1.10. The molecule has 1 aromatic carbocycles. The normalized spacial score (nSPS) is 9.80. The highest BCUT2D eigenvalue weighted by atomic mass is 14.0. The van der Waals surface area contributed by atoms with Crippen molar-refractivity contribution < 1.29 is 0 Å². The van der Waals surface area contributed by atoms with E-state index >= 15 is 0 Å². The van der Waals surface area contributed by atoms with Gasteiger partial charge in [-0.25, -0.2) is 0 Å². The summed E-state index contributed by atoms with van der Waals surface area (Å²) < 4.78 is 0. The van der Waals surface area contributed by atoms with Crippen molar-refractivity contribution in [1.82, 2.24) is 0 Å². The first kappa shape index (κ1) is 7.46. The third-order valence-corrected chi connectivity index (χ3v) is 2.11. The largest absolute Gasteiger partial charge is 0.138 e. The van der Waals surface area contributed by atoms with Gasteiger partial charge in [-0.2, -0.15) is 0 Å². The first-order valence-electron chi connectivity index (χ1n) is 3.65. The Morgan fingerprint density at radius 2 is 1.20 bits per heavy atom. The Bertz CT molecular complexity index is 203. The highest BCUT2D eigenvalue weighted by molar-refractivity contribution is 6.48. The molecule has 0 bridgehead atoms. The van der Waals surface area contributed by atoms with E-state index in [1.54, 1.807) is 0 Å². The second-order valence-corrected chi connectivity index (χ2v) is 3.02. The van der Waals surface area contributed by atoms with Gasteiger partial charge in [0.05, 0.1) is 0 Å². The van der Waals surface area contributed by atoms with Crippen LogP contribution in [0.15, 0.2) is 12.1 Å². The van der Waals surface area contributed by atoms with E-state index in [1.807, 2.05) is 0 Å². The van der Waals surface area contributed by atoms with Crippen LogP contribution in [0.25, 0.3) is 0 Å². The predicted molar refractivity (Wildman–Crippen MR) is 52.3 cm³/mol. The van der Waals surface area contributed by atoms with E-state index in [1.165, 1.54) is 22.1 Å².